The lowest BCUT2D eigenvalue weighted by Crippen LogP contribution is -2.23. The average molecular weight is 270 g/mol. The van der Waals surface area contributed by atoms with Crippen molar-refractivity contribution in [2.45, 2.75) is 19.4 Å². The summed E-state index contributed by atoms with van der Waals surface area (Å²) in [4.78, 5) is 40.9. The van der Waals surface area contributed by atoms with Crippen LogP contribution in [-0.4, -0.2) is 30.6 Å². The number of nitrogens with zero attached hydrogens (tertiary/aromatic N) is 1. The molecule has 0 unspecified atom stereocenters. The van der Waals surface area contributed by atoms with Gasteiger partial charge in [-0.2, -0.15) is 0 Å². The molecule has 0 amide bonds. The van der Waals surface area contributed by atoms with Crippen molar-refractivity contribution in [2.75, 3.05) is 0 Å². The van der Waals surface area contributed by atoms with Crippen molar-refractivity contribution in [1.29, 1.82) is 0 Å². The van der Waals surface area contributed by atoms with Crippen molar-refractivity contribution in [1.82, 2.24) is 19.5 Å². The van der Waals surface area contributed by atoms with Crippen LogP contribution in [0, 0.1) is 4.77 Å². The molecule has 0 aromatic carbocycles. The Balaban J connectivity index is 2.44. The van der Waals surface area contributed by atoms with Gasteiger partial charge in [0.05, 0.1) is 0 Å². The molecule has 2 aromatic rings. The third-order valence-corrected chi connectivity index (χ3v) is 2.76. The lowest BCUT2D eigenvalue weighted by molar-refractivity contribution is -0.137. The Morgan fingerprint density at radius 2 is 2.00 bits per heavy atom. The summed E-state index contributed by atoms with van der Waals surface area (Å²) in [5.74, 6) is -0.936. The largest absolute Gasteiger partial charge is 0.481 e. The van der Waals surface area contributed by atoms with Crippen LogP contribution in [0.1, 0.15) is 12.8 Å². The number of carboxylic acids is 1. The van der Waals surface area contributed by atoms with E-state index in [0.717, 1.165) is 0 Å². The van der Waals surface area contributed by atoms with Crippen molar-refractivity contribution in [3.8, 4) is 0 Å². The van der Waals surface area contributed by atoms with Gasteiger partial charge in [0.1, 0.15) is 5.65 Å². The number of aromatic nitrogens is 4. The highest BCUT2D eigenvalue weighted by Gasteiger charge is 2.08. The van der Waals surface area contributed by atoms with E-state index in [1.807, 2.05) is 0 Å². The molecule has 0 atom stereocenters. The van der Waals surface area contributed by atoms with Crippen LogP contribution < -0.4 is 11.2 Å². The number of aromatic amines is 3. The third kappa shape index (κ3) is 2.25. The van der Waals surface area contributed by atoms with Crippen molar-refractivity contribution < 1.29 is 9.90 Å². The molecule has 0 saturated carbocycles. The standard InChI is InChI=1S/C9H10N4O4S/c14-4(15)2-1-3-13-7(16)5-6(12-9(13)18)11-8(17)10-5/h1-3H2,(H,12,18)(H,14,15)(H2,10,11,17). The maximum absolute atomic E-state index is 12.0. The summed E-state index contributed by atoms with van der Waals surface area (Å²) in [6.07, 6.45) is 0.232. The smallest absolute Gasteiger partial charge is 0.325 e. The number of fused-ring (bicyclic) bond motifs is 1. The SMILES string of the molecule is O=C(O)CCCn1c(=S)[nH]c2[nH]c(=O)[nH]c2c1=O. The molecule has 0 aliphatic rings. The molecule has 96 valence electrons. The maximum atomic E-state index is 12.0. The minimum Gasteiger partial charge on any atom is -0.481 e. The van der Waals surface area contributed by atoms with E-state index >= 15 is 0 Å². The second-order valence-corrected chi connectivity index (χ2v) is 4.10. The Morgan fingerprint density at radius 3 is 2.67 bits per heavy atom. The number of hydrogen-bond donors (Lipinski definition) is 4. The molecule has 0 fully saturated rings. The molecule has 4 N–H and O–H groups in total. The molecule has 9 heteroatoms. The highest BCUT2D eigenvalue weighted by atomic mass is 32.1. The van der Waals surface area contributed by atoms with Crippen LogP contribution in [-0.2, 0) is 11.3 Å². The zero-order valence-electron chi connectivity index (χ0n) is 9.15. The van der Waals surface area contributed by atoms with Crippen molar-refractivity contribution >= 4 is 29.4 Å². The molecular formula is C9H10N4O4S. The Morgan fingerprint density at radius 1 is 1.28 bits per heavy atom. The first-order chi connectivity index (χ1) is 8.49. The summed E-state index contributed by atoms with van der Waals surface area (Å²) in [6, 6.07) is 0. The van der Waals surface area contributed by atoms with Crippen LogP contribution >= 0.6 is 12.2 Å². The van der Waals surface area contributed by atoms with E-state index in [9.17, 15) is 14.4 Å². The van der Waals surface area contributed by atoms with Crippen LogP contribution in [0.3, 0.4) is 0 Å². The second kappa shape index (κ2) is 4.61. The summed E-state index contributed by atoms with van der Waals surface area (Å²) >= 11 is 4.98. The fraction of sp³-hybridized carbons (Fsp3) is 0.333. The number of nitrogens with one attached hydrogen (secondary N) is 3. The maximum Gasteiger partial charge on any atom is 0.325 e. The minimum atomic E-state index is -0.936. The Kier molecular flexibility index (Phi) is 3.15. The Bertz CT molecular complexity index is 765. The zero-order chi connectivity index (χ0) is 13.3. The summed E-state index contributed by atoms with van der Waals surface area (Å²) in [5.41, 5.74) is -0.609. The van der Waals surface area contributed by atoms with Gasteiger partial charge in [0.15, 0.2) is 10.3 Å². The van der Waals surface area contributed by atoms with Crippen LogP contribution in [0.4, 0.5) is 0 Å². The monoisotopic (exact) mass is 270 g/mol. The fourth-order valence-electron chi connectivity index (χ4n) is 1.63. The van der Waals surface area contributed by atoms with Gasteiger partial charge in [0.25, 0.3) is 5.56 Å². The molecule has 0 spiro atoms. The van der Waals surface area contributed by atoms with E-state index < -0.39 is 17.2 Å². The highest BCUT2D eigenvalue weighted by Crippen LogP contribution is 1.99. The summed E-state index contributed by atoms with van der Waals surface area (Å²) < 4.78 is 1.37. The second-order valence-electron chi connectivity index (χ2n) is 3.71. The molecule has 8 nitrogen and oxygen atoms in total. The molecule has 0 aliphatic carbocycles. The molecule has 2 rings (SSSR count). The molecule has 18 heavy (non-hydrogen) atoms. The number of hydrogen-bond acceptors (Lipinski definition) is 4. The topological polar surface area (TPSA) is 124 Å². The Hall–Kier alpha value is -2.16. The van der Waals surface area contributed by atoms with Gasteiger partial charge in [-0.1, -0.05) is 0 Å². The highest BCUT2D eigenvalue weighted by molar-refractivity contribution is 7.71. The molecule has 2 aromatic heterocycles. The van der Waals surface area contributed by atoms with Gasteiger partial charge in [-0.3, -0.25) is 24.1 Å². The first-order valence-corrected chi connectivity index (χ1v) is 5.57. The lowest BCUT2D eigenvalue weighted by Gasteiger charge is -2.04. The molecular weight excluding hydrogens is 260 g/mol. The van der Waals surface area contributed by atoms with Crippen molar-refractivity contribution in [2.24, 2.45) is 0 Å². The van der Waals surface area contributed by atoms with E-state index in [2.05, 4.69) is 15.0 Å². The van der Waals surface area contributed by atoms with E-state index in [1.165, 1.54) is 4.57 Å². The van der Waals surface area contributed by atoms with E-state index in [1.54, 1.807) is 0 Å². The number of aliphatic carboxylic acids is 1. The lowest BCUT2D eigenvalue weighted by atomic mass is 10.3. The molecule has 0 bridgehead atoms. The normalized spacial score (nSPS) is 10.9. The van der Waals surface area contributed by atoms with Gasteiger partial charge in [-0.25, -0.2) is 4.79 Å². The molecule has 0 aliphatic heterocycles. The number of H-pyrrole nitrogens is 3. The van der Waals surface area contributed by atoms with Gasteiger partial charge < -0.3 is 10.1 Å². The summed E-state index contributed by atoms with van der Waals surface area (Å²) in [7, 11) is 0. The van der Waals surface area contributed by atoms with Gasteiger partial charge in [0, 0.05) is 13.0 Å². The minimum absolute atomic E-state index is 0.0527. The van der Waals surface area contributed by atoms with Crippen molar-refractivity contribution in [3.63, 3.8) is 0 Å². The van der Waals surface area contributed by atoms with E-state index in [-0.39, 0.29) is 35.3 Å². The average Bonchev–Trinajstić information content (AvgIpc) is 2.63. The summed E-state index contributed by atoms with van der Waals surface area (Å²) in [5, 5.41) is 8.53. The van der Waals surface area contributed by atoms with Crippen LogP contribution in [0.15, 0.2) is 9.59 Å². The van der Waals surface area contributed by atoms with E-state index in [4.69, 9.17) is 17.3 Å². The molecule has 0 saturated heterocycles. The molecule has 0 radical (unpaired) electrons. The van der Waals surface area contributed by atoms with Crippen molar-refractivity contribution in [3.05, 3.63) is 25.6 Å². The number of carboxylic acid groups (broad SMARTS) is 1. The number of rotatable bonds is 4. The first kappa shape index (κ1) is 12.3. The predicted octanol–water partition coefficient (Wildman–Crippen LogP) is -0.0597. The van der Waals surface area contributed by atoms with Crippen LogP contribution in [0.2, 0.25) is 0 Å². The van der Waals surface area contributed by atoms with Gasteiger partial charge >= 0.3 is 11.7 Å². The zero-order valence-corrected chi connectivity index (χ0v) is 9.97. The van der Waals surface area contributed by atoms with Crippen LogP contribution in [0.25, 0.3) is 11.2 Å². The van der Waals surface area contributed by atoms with Gasteiger partial charge in [-0.15, -0.1) is 0 Å². The molecule has 2 heterocycles. The Labute approximate surface area is 104 Å². The van der Waals surface area contributed by atoms with E-state index in [0.29, 0.717) is 0 Å². The summed E-state index contributed by atoms with van der Waals surface area (Å²) in [6.45, 7) is 0.184. The number of carbonyl (C=O) groups is 1. The predicted molar refractivity (Wildman–Crippen MR) is 65.2 cm³/mol. The third-order valence-electron chi connectivity index (χ3n) is 2.44. The number of imidazole rings is 1. The van der Waals surface area contributed by atoms with Gasteiger partial charge in [0.2, 0.25) is 0 Å². The van der Waals surface area contributed by atoms with Crippen LogP contribution in [0.5, 0.6) is 0 Å². The fourth-order valence-corrected chi connectivity index (χ4v) is 1.91. The van der Waals surface area contributed by atoms with Gasteiger partial charge in [-0.05, 0) is 18.6 Å². The first-order valence-electron chi connectivity index (χ1n) is 5.16. The quantitative estimate of drug-likeness (QED) is 0.579.